The molecule has 2 amide bonds. The van der Waals surface area contributed by atoms with Crippen molar-refractivity contribution >= 4 is 22.8 Å². The van der Waals surface area contributed by atoms with Crippen molar-refractivity contribution in [3.8, 4) is 0 Å². The van der Waals surface area contributed by atoms with E-state index in [0.29, 0.717) is 23.8 Å². The second-order valence-corrected chi connectivity index (χ2v) is 10.5. The SMILES string of the molecule is CC.CCN(C)CCNC1=CCC=C(C(=O)N2CCC3(CC2)CC3CNC(=O)c2cc3ccncc3o2)C=C1. The summed E-state index contributed by atoms with van der Waals surface area (Å²) in [6, 6.07) is 3.59. The molecule has 0 radical (unpaired) electrons. The van der Waals surface area contributed by atoms with Gasteiger partial charge >= 0.3 is 0 Å². The van der Waals surface area contributed by atoms with E-state index in [4.69, 9.17) is 4.42 Å². The van der Waals surface area contributed by atoms with Gasteiger partial charge in [0.15, 0.2) is 11.3 Å². The van der Waals surface area contributed by atoms with Crippen LogP contribution in [0, 0.1) is 11.3 Å². The van der Waals surface area contributed by atoms with Crippen molar-refractivity contribution in [2.75, 3.05) is 46.3 Å². The zero-order valence-corrected chi connectivity index (χ0v) is 23.8. The zero-order chi connectivity index (χ0) is 27.8. The van der Waals surface area contributed by atoms with E-state index in [9.17, 15) is 9.59 Å². The van der Waals surface area contributed by atoms with Gasteiger partial charge < -0.3 is 24.9 Å². The van der Waals surface area contributed by atoms with Crippen LogP contribution in [0.3, 0.4) is 0 Å². The number of carbonyl (C=O) groups excluding carboxylic acids is 2. The topological polar surface area (TPSA) is 90.7 Å². The highest BCUT2D eigenvalue weighted by molar-refractivity contribution is 5.97. The Kier molecular flexibility index (Phi) is 9.62. The number of rotatable bonds is 9. The lowest BCUT2D eigenvalue weighted by molar-refractivity contribution is -0.128. The molecule has 1 aliphatic heterocycles. The molecule has 39 heavy (non-hydrogen) atoms. The Hall–Kier alpha value is -3.39. The van der Waals surface area contributed by atoms with Gasteiger partial charge in [-0.05, 0) is 74.9 Å². The standard InChI is InChI=1S/C29H37N5O3.C2H6/c1-3-33(2)16-13-31-24-6-4-5-21(7-8-24)28(36)34-14-10-29(11-15-34)18-23(29)19-32-27(35)25-17-22-9-12-30-20-26(22)37-25;1-2/h5-9,12,17,20,23,31H,3-4,10-11,13-16,18-19H2,1-2H3,(H,32,35);1-2H3. The molecule has 2 fully saturated rings. The number of likely N-dealkylation sites (N-methyl/N-ethyl adjacent to an activating group) is 1. The molecule has 210 valence electrons. The first-order chi connectivity index (χ1) is 19.0. The molecule has 8 nitrogen and oxygen atoms in total. The van der Waals surface area contributed by atoms with E-state index in [1.54, 1.807) is 18.5 Å². The Bertz CT molecular complexity index is 1200. The molecule has 1 spiro atoms. The summed E-state index contributed by atoms with van der Waals surface area (Å²) in [5.41, 5.74) is 2.72. The molecule has 3 aliphatic rings. The number of piperidine rings is 1. The molecule has 8 heteroatoms. The van der Waals surface area contributed by atoms with Crippen LogP contribution in [0.5, 0.6) is 0 Å². The second-order valence-electron chi connectivity index (χ2n) is 10.5. The number of likely N-dealkylation sites (tertiary alicyclic amines) is 1. The van der Waals surface area contributed by atoms with Crippen LogP contribution in [0.25, 0.3) is 11.0 Å². The number of nitrogens with zero attached hydrogens (tertiary/aromatic N) is 3. The van der Waals surface area contributed by atoms with E-state index in [-0.39, 0.29) is 17.2 Å². The van der Waals surface area contributed by atoms with Crippen molar-refractivity contribution in [1.29, 1.82) is 0 Å². The Morgan fingerprint density at radius 1 is 1.21 bits per heavy atom. The normalized spacial score (nSPS) is 19.6. The largest absolute Gasteiger partial charge is 0.449 e. The molecular weight excluding hydrogens is 490 g/mol. The maximum atomic E-state index is 13.2. The number of allylic oxidation sites excluding steroid dienone is 3. The lowest BCUT2D eigenvalue weighted by Crippen LogP contribution is -2.40. The van der Waals surface area contributed by atoms with Gasteiger partial charge in [0.2, 0.25) is 0 Å². The quantitative estimate of drug-likeness (QED) is 0.493. The van der Waals surface area contributed by atoms with Crippen LogP contribution in [0.4, 0.5) is 0 Å². The third-order valence-electron chi connectivity index (χ3n) is 8.19. The number of nitrogens with one attached hydrogen (secondary N) is 2. The molecule has 2 aliphatic carbocycles. The molecule has 1 saturated heterocycles. The first-order valence-electron chi connectivity index (χ1n) is 14.4. The van der Waals surface area contributed by atoms with Crippen molar-refractivity contribution < 1.29 is 14.0 Å². The fourth-order valence-electron chi connectivity index (χ4n) is 5.44. The molecule has 2 aromatic heterocycles. The van der Waals surface area contributed by atoms with E-state index in [2.05, 4.69) is 40.6 Å². The van der Waals surface area contributed by atoms with E-state index in [1.807, 2.05) is 43.0 Å². The maximum absolute atomic E-state index is 13.2. The Morgan fingerprint density at radius 3 is 2.74 bits per heavy atom. The van der Waals surface area contributed by atoms with Crippen LogP contribution in [0.15, 0.2) is 64.5 Å². The summed E-state index contributed by atoms with van der Waals surface area (Å²) in [6.45, 7) is 11.2. The Labute approximate surface area is 232 Å². The number of pyridine rings is 1. The Morgan fingerprint density at radius 2 is 2.00 bits per heavy atom. The van der Waals surface area contributed by atoms with Crippen LogP contribution in [0.1, 0.15) is 57.0 Å². The van der Waals surface area contributed by atoms with Crippen molar-refractivity contribution in [2.24, 2.45) is 11.3 Å². The number of carbonyl (C=O) groups is 2. The van der Waals surface area contributed by atoms with E-state index >= 15 is 0 Å². The third kappa shape index (κ3) is 6.98. The summed E-state index contributed by atoms with van der Waals surface area (Å²) < 4.78 is 5.63. The van der Waals surface area contributed by atoms with Gasteiger partial charge in [-0.3, -0.25) is 14.6 Å². The summed E-state index contributed by atoms with van der Waals surface area (Å²) in [4.78, 5) is 34.1. The predicted octanol–water partition coefficient (Wildman–Crippen LogP) is 4.52. The number of aromatic nitrogens is 1. The number of fused-ring (bicyclic) bond motifs is 1. The highest BCUT2D eigenvalue weighted by Gasteiger charge is 2.54. The second kappa shape index (κ2) is 13.1. The van der Waals surface area contributed by atoms with Gasteiger partial charge in [0.05, 0.1) is 6.20 Å². The molecule has 1 unspecified atom stereocenters. The van der Waals surface area contributed by atoms with Crippen LogP contribution in [0.2, 0.25) is 0 Å². The molecule has 1 saturated carbocycles. The average molecular weight is 534 g/mol. The molecular formula is C31H43N5O3. The average Bonchev–Trinajstić information content (AvgIpc) is 3.54. The van der Waals surface area contributed by atoms with Crippen LogP contribution in [-0.4, -0.2) is 72.9 Å². The first-order valence-corrected chi connectivity index (χ1v) is 14.4. The molecule has 3 heterocycles. The van der Waals surface area contributed by atoms with E-state index < -0.39 is 0 Å². The lowest BCUT2D eigenvalue weighted by Gasteiger charge is -2.33. The smallest absolute Gasteiger partial charge is 0.287 e. The van der Waals surface area contributed by atoms with Crippen LogP contribution >= 0.6 is 0 Å². The summed E-state index contributed by atoms with van der Waals surface area (Å²) in [5, 5.41) is 7.39. The number of hydrogen-bond acceptors (Lipinski definition) is 6. The third-order valence-corrected chi connectivity index (χ3v) is 8.19. The minimum absolute atomic E-state index is 0.122. The van der Waals surface area contributed by atoms with Gasteiger partial charge in [0, 0.05) is 55.6 Å². The van der Waals surface area contributed by atoms with E-state index in [1.165, 1.54) is 0 Å². The Balaban J connectivity index is 0.00000172. The fourth-order valence-corrected chi connectivity index (χ4v) is 5.44. The number of hydrogen-bond donors (Lipinski definition) is 2. The monoisotopic (exact) mass is 533 g/mol. The van der Waals surface area contributed by atoms with Crippen LogP contribution in [-0.2, 0) is 4.79 Å². The first kappa shape index (κ1) is 28.6. The molecule has 2 aromatic rings. The summed E-state index contributed by atoms with van der Waals surface area (Å²) in [6.07, 6.45) is 15.3. The van der Waals surface area contributed by atoms with Gasteiger partial charge in [-0.2, -0.15) is 0 Å². The summed E-state index contributed by atoms with van der Waals surface area (Å²) >= 11 is 0. The molecule has 0 bridgehead atoms. The fraction of sp³-hybridized carbons (Fsp3) is 0.516. The van der Waals surface area contributed by atoms with Gasteiger partial charge in [-0.15, -0.1) is 0 Å². The highest BCUT2D eigenvalue weighted by atomic mass is 16.3. The lowest BCUT2D eigenvalue weighted by atomic mass is 9.90. The predicted molar refractivity (Wildman–Crippen MR) is 155 cm³/mol. The highest BCUT2D eigenvalue weighted by Crippen LogP contribution is 2.59. The maximum Gasteiger partial charge on any atom is 0.287 e. The minimum atomic E-state index is -0.183. The van der Waals surface area contributed by atoms with Crippen LogP contribution < -0.4 is 10.6 Å². The summed E-state index contributed by atoms with van der Waals surface area (Å²) in [5.74, 6) is 0.722. The molecule has 2 N–H and O–H groups in total. The van der Waals surface area contributed by atoms with Gasteiger partial charge in [0.25, 0.3) is 11.8 Å². The van der Waals surface area contributed by atoms with E-state index in [0.717, 1.165) is 75.1 Å². The van der Waals surface area contributed by atoms with Gasteiger partial charge in [-0.1, -0.05) is 32.9 Å². The number of amides is 2. The summed E-state index contributed by atoms with van der Waals surface area (Å²) in [7, 11) is 2.11. The van der Waals surface area contributed by atoms with Crippen molar-refractivity contribution in [3.63, 3.8) is 0 Å². The molecule has 0 aromatic carbocycles. The van der Waals surface area contributed by atoms with Crippen molar-refractivity contribution in [2.45, 2.75) is 46.5 Å². The van der Waals surface area contributed by atoms with Gasteiger partial charge in [-0.25, -0.2) is 0 Å². The molecule has 5 rings (SSSR count). The van der Waals surface area contributed by atoms with Crippen molar-refractivity contribution in [1.82, 2.24) is 25.4 Å². The number of furan rings is 1. The van der Waals surface area contributed by atoms with Gasteiger partial charge in [0.1, 0.15) is 0 Å². The minimum Gasteiger partial charge on any atom is -0.449 e. The molecule has 1 atom stereocenters. The van der Waals surface area contributed by atoms with Crippen molar-refractivity contribution in [3.05, 3.63) is 65.9 Å². The zero-order valence-electron chi connectivity index (χ0n) is 23.8.